The zero-order chi connectivity index (χ0) is 14.4. The van der Waals surface area contributed by atoms with E-state index in [0.29, 0.717) is 0 Å². The Hall–Kier alpha value is -2.15. The van der Waals surface area contributed by atoms with E-state index in [1.54, 1.807) is 0 Å². The number of hydrogen-bond acceptors (Lipinski definition) is 4. The predicted octanol–water partition coefficient (Wildman–Crippen LogP) is 0.627. The van der Waals surface area contributed by atoms with Crippen molar-refractivity contribution in [3.8, 4) is 0 Å². The van der Waals surface area contributed by atoms with Gasteiger partial charge in [-0.15, -0.1) is 0 Å². The maximum Gasteiger partial charge on any atom is 0.326 e. The first-order valence-electron chi connectivity index (χ1n) is 5.53. The maximum absolute atomic E-state index is 13.0. The first-order valence-corrected chi connectivity index (χ1v) is 5.53. The van der Waals surface area contributed by atoms with Gasteiger partial charge < -0.3 is 20.9 Å². The SMILES string of the molecule is COCCC(NC(=O)c1cc(F)ccc1N)C(=O)O. The second-order valence-corrected chi connectivity index (χ2v) is 3.88. The Morgan fingerprint density at radius 1 is 1.53 bits per heavy atom. The smallest absolute Gasteiger partial charge is 0.326 e. The lowest BCUT2D eigenvalue weighted by atomic mass is 10.1. The number of carboxylic acid groups (broad SMARTS) is 1. The van der Waals surface area contributed by atoms with Crippen LogP contribution in [0.4, 0.5) is 10.1 Å². The highest BCUT2D eigenvalue weighted by atomic mass is 19.1. The molecule has 0 bridgehead atoms. The Kier molecular flexibility index (Phi) is 5.25. The van der Waals surface area contributed by atoms with Gasteiger partial charge in [-0.05, 0) is 18.2 Å². The fraction of sp³-hybridized carbons (Fsp3) is 0.333. The summed E-state index contributed by atoms with van der Waals surface area (Å²) in [5, 5.41) is 11.2. The van der Waals surface area contributed by atoms with Gasteiger partial charge in [-0.3, -0.25) is 4.79 Å². The average molecular weight is 270 g/mol. The van der Waals surface area contributed by atoms with Crippen LogP contribution in [0.3, 0.4) is 0 Å². The number of nitrogens with two attached hydrogens (primary N) is 1. The molecule has 0 aliphatic heterocycles. The number of methoxy groups -OCH3 is 1. The van der Waals surface area contributed by atoms with Gasteiger partial charge in [0.25, 0.3) is 5.91 Å². The number of carboxylic acids is 1. The number of nitrogen functional groups attached to an aromatic ring is 1. The second-order valence-electron chi connectivity index (χ2n) is 3.88. The normalized spacial score (nSPS) is 11.9. The summed E-state index contributed by atoms with van der Waals surface area (Å²) in [4.78, 5) is 22.8. The average Bonchev–Trinajstić information content (AvgIpc) is 2.36. The van der Waals surface area contributed by atoms with E-state index in [-0.39, 0.29) is 24.3 Å². The van der Waals surface area contributed by atoms with Crippen molar-refractivity contribution in [3.05, 3.63) is 29.6 Å². The zero-order valence-corrected chi connectivity index (χ0v) is 10.4. The first-order chi connectivity index (χ1) is 8.95. The number of benzene rings is 1. The van der Waals surface area contributed by atoms with Gasteiger partial charge >= 0.3 is 5.97 Å². The van der Waals surface area contributed by atoms with E-state index < -0.39 is 23.7 Å². The summed E-state index contributed by atoms with van der Waals surface area (Å²) in [6.07, 6.45) is 0.104. The number of anilines is 1. The number of amides is 1. The molecular formula is C12H15FN2O4. The van der Waals surface area contributed by atoms with E-state index >= 15 is 0 Å². The van der Waals surface area contributed by atoms with Crippen LogP contribution in [0.5, 0.6) is 0 Å². The van der Waals surface area contributed by atoms with Crippen LogP contribution in [-0.2, 0) is 9.53 Å². The fourth-order valence-electron chi connectivity index (χ4n) is 1.45. The van der Waals surface area contributed by atoms with Crippen LogP contribution in [-0.4, -0.2) is 36.7 Å². The van der Waals surface area contributed by atoms with E-state index in [0.717, 1.165) is 12.1 Å². The number of hydrogen-bond donors (Lipinski definition) is 3. The van der Waals surface area contributed by atoms with Crippen molar-refractivity contribution in [2.24, 2.45) is 0 Å². The summed E-state index contributed by atoms with van der Waals surface area (Å²) in [6, 6.07) is 2.20. The number of halogens is 1. The molecule has 1 rings (SSSR count). The molecule has 1 aromatic rings. The van der Waals surface area contributed by atoms with Crippen LogP contribution in [0.15, 0.2) is 18.2 Å². The fourth-order valence-corrected chi connectivity index (χ4v) is 1.45. The molecule has 19 heavy (non-hydrogen) atoms. The van der Waals surface area contributed by atoms with Crippen molar-refractivity contribution in [1.29, 1.82) is 0 Å². The molecule has 7 heteroatoms. The molecule has 4 N–H and O–H groups in total. The Labute approximate surface area is 109 Å². The molecule has 0 saturated heterocycles. The quantitative estimate of drug-likeness (QED) is 0.658. The van der Waals surface area contributed by atoms with Crippen LogP contribution in [0, 0.1) is 5.82 Å². The van der Waals surface area contributed by atoms with Gasteiger partial charge in [0.2, 0.25) is 0 Å². The lowest BCUT2D eigenvalue weighted by Gasteiger charge is -2.14. The van der Waals surface area contributed by atoms with E-state index in [1.165, 1.54) is 13.2 Å². The number of aliphatic carboxylic acids is 1. The summed E-state index contributed by atoms with van der Waals surface area (Å²) >= 11 is 0. The minimum Gasteiger partial charge on any atom is -0.480 e. The first kappa shape index (κ1) is 14.9. The largest absolute Gasteiger partial charge is 0.480 e. The third-order valence-electron chi connectivity index (χ3n) is 2.47. The number of rotatable bonds is 6. The van der Waals surface area contributed by atoms with Crippen molar-refractivity contribution in [1.82, 2.24) is 5.32 Å². The van der Waals surface area contributed by atoms with Crippen LogP contribution in [0.2, 0.25) is 0 Å². The number of nitrogens with one attached hydrogen (secondary N) is 1. The van der Waals surface area contributed by atoms with Crippen LogP contribution < -0.4 is 11.1 Å². The molecule has 6 nitrogen and oxygen atoms in total. The van der Waals surface area contributed by atoms with E-state index in [2.05, 4.69) is 5.32 Å². The maximum atomic E-state index is 13.0. The predicted molar refractivity (Wildman–Crippen MR) is 66.2 cm³/mol. The lowest BCUT2D eigenvalue weighted by molar-refractivity contribution is -0.139. The molecule has 104 valence electrons. The van der Waals surface area contributed by atoms with E-state index in [1.807, 2.05) is 0 Å². The third kappa shape index (κ3) is 4.22. The monoisotopic (exact) mass is 270 g/mol. The van der Waals surface area contributed by atoms with Gasteiger partial charge in [-0.1, -0.05) is 0 Å². The summed E-state index contributed by atoms with van der Waals surface area (Å²) in [6.45, 7) is 0.176. The lowest BCUT2D eigenvalue weighted by Crippen LogP contribution is -2.41. The summed E-state index contributed by atoms with van der Waals surface area (Å²) < 4.78 is 17.8. The van der Waals surface area contributed by atoms with Crippen molar-refractivity contribution in [3.63, 3.8) is 0 Å². The van der Waals surface area contributed by atoms with Gasteiger partial charge in [0.1, 0.15) is 11.9 Å². The second kappa shape index (κ2) is 6.69. The number of ether oxygens (including phenoxy) is 1. The molecule has 0 aliphatic carbocycles. The molecule has 1 aromatic carbocycles. The van der Waals surface area contributed by atoms with Crippen molar-refractivity contribution in [2.75, 3.05) is 19.5 Å². The molecule has 0 heterocycles. The minimum absolute atomic E-state index is 0.0785. The van der Waals surface area contributed by atoms with Gasteiger partial charge in [0.15, 0.2) is 0 Å². The van der Waals surface area contributed by atoms with Crippen molar-refractivity contribution in [2.45, 2.75) is 12.5 Å². The highest BCUT2D eigenvalue weighted by Crippen LogP contribution is 2.13. The standard InChI is InChI=1S/C12H15FN2O4/c1-19-5-4-10(12(17)18)15-11(16)8-6-7(13)2-3-9(8)14/h2-3,6,10H,4-5,14H2,1H3,(H,15,16)(H,17,18). The Morgan fingerprint density at radius 3 is 2.79 bits per heavy atom. The minimum atomic E-state index is -1.19. The zero-order valence-electron chi connectivity index (χ0n) is 10.4. The Balaban J connectivity index is 2.81. The van der Waals surface area contributed by atoms with Crippen LogP contribution >= 0.6 is 0 Å². The van der Waals surface area contributed by atoms with Crippen LogP contribution in [0.25, 0.3) is 0 Å². The van der Waals surface area contributed by atoms with Crippen molar-refractivity contribution >= 4 is 17.6 Å². The topological polar surface area (TPSA) is 102 Å². The molecular weight excluding hydrogens is 255 g/mol. The van der Waals surface area contributed by atoms with Gasteiger partial charge in [-0.25, -0.2) is 9.18 Å². The highest BCUT2D eigenvalue weighted by molar-refractivity contribution is 6.00. The molecule has 0 fully saturated rings. The van der Waals surface area contributed by atoms with Crippen molar-refractivity contribution < 1.29 is 23.8 Å². The molecule has 0 aromatic heterocycles. The number of carbonyl (C=O) groups is 2. The molecule has 0 radical (unpaired) electrons. The third-order valence-corrected chi connectivity index (χ3v) is 2.47. The molecule has 1 unspecified atom stereocenters. The van der Waals surface area contributed by atoms with Gasteiger partial charge in [-0.2, -0.15) is 0 Å². The summed E-state index contributed by atoms with van der Waals surface area (Å²) in [5.41, 5.74) is 5.53. The van der Waals surface area contributed by atoms with E-state index in [4.69, 9.17) is 15.6 Å². The molecule has 1 amide bonds. The van der Waals surface area contributed by atoms with Gasteiger partial charge in [0.05, 0.1) is 5.56 Å². The molecule has 0 saturated carbocycles. The summed E-state index contributed by atoms with van der Waals surface area (Å²) in [5.74, 6) is -2.55. The molecule has 0 spiro atoms. The summed E-state index contributed by atoms with van der Waals surface area (Å²) in [7, 11) is 1.42. The van der Waals surface area contributed by atoms with Gasteiger partial charge in [0, 0.05) is 25.8 Å². The highest BCUT2D eigenvalue weighted by Gasteiger charge is 2.21. The Bertz CT molecular complexity index is 479. The van der Waals surface area contributed by atoms with E-state index in [9.17, 15) is 14.0 Å². The van der Waals surface area contributed by atoms with Crippen LogP contribution in [0.1, 0.15) is 16.8 Å². The molecule has 0 aliphatic rings. The molecule has 1 atom stereocenters. The number of carbonyl (C=O) groups excluding carboxylic acids is 1. The Morgan fingerprint density at radius 2 is 2.21 bits per heavy atom.